The van der Waals surface area contributed by atoms with Crippen LogP contribution in [0.4, 0.5) is 39.4 Å². The van der Waals surface area contributed by atoms with Crippen LogP contribution in [0.2, 0.25) is 10.0 Å². The average molecular weight is 606 g/mol. The van der Waals surface area contributed by atoms with Crippen LogP contribution in [-0.4, -0.2) is 66.2 Å². The molecule has 2 aromatic carbocycles. The first kappa shape index (κ1) is 28.0. The van der Waals surface area contributed by atoms with E-state index in [1.165, 1.54) is 4.90 Å². The van der Waals surface area contributed by atoms with E-state index in [1.54, 1.807) is 42.6 Å². The molecule has 2 aromatic heterocycles. The number of carbonyl (C=O) groups excluding carboxylic acids is 1. The number of halogens is 2. The number of pyridine rings is 1. The lowest BCUT2D eigenvalue weighted by atomic mass is 10.1. The molecule has 2 aliphatic heterocycles. The van der Waals surface area contributed by atoms with Crippen molar-refractivity contribution < 1.29 is 9.53 Å². The summed E-state index contributed by atoms with van der Waals surface area (Å²) in [4.78, 5) is 35.6. The summed E-state index contributed by atoms with van der Waals surface area (Å²) >= 11 is 13.3. The number of aryl methyl sites for hydroxylation is 1. The van der Waals surface area contributed by atoms with Gasteiger partial charge in [0.1, 0.15) is 11.6 Å². The Morgan fingerprint density at radius 1 is 0.952 bits per heavy atom. The van der Waals surface area contributed by atoms with E-state index in [0.717, 1.165) is 43.0 Å². The molecule has 10 nitrogen and oxygen atoms in total. The Morgan fingerprint density at radius 3 is 2.45 bits per heavy atom. The number of rotatable bonds is 6. The second-order valence-corrected chi connectivity index (χ2v) is 11.1. The molecule has 12 heteroatoms. The van der Waals surface area contributed by atoms with Crippen LogP contribution in [0.25, 0.3) is 0 Å². The minimum Gasteiger partial charge on any atom is -0.495 e. The molecular weight excluding hydrogens is 575 g/mol. The SMILES string of the molecule is COc1ccc(N2C(=O)N(c3c(C)cccc3Cl)Cc3cnc(Nc4ccc(N5CCN(C)CC5)cc4Cl)nc32)nc1. The average Bonchev–Trinajstić information content (AvgIpc) is 2.99. The van der Waals surface area contributed by atoms with Crippen molar-refractivity contribution in [2.24, 2.45) is 0 Å². The summed E-state index contributed by atoms with van der Waals surface area (Å²) < 4.78 is 5.28. The number of methoxy groups -OCH3 is 1. The number of amides is 2. The number of aromatic nitrogens is 3. The van der Waals surface area contributed by atoms with Crippen LogP contribution < -0.4 is 24.8 Å². The summed E-state index contributed by atoms with van der Waals surface area (Å²) in [6.45, 7) is 6.07. The number of fused-ring (bicyclic) bond motifs is 1. The van der Waals surface area contributed by atoms with Crippen LogP contribution in [0.3, 0.4) is 0 Å². The Bertz CT molecular complexity index is 1610. The van der Waals surface area contributed by atoms with Crippen molar-refractivity contribution in [2.75, 3.05) is 60.4 Å². The van der Waals surface area contributed by atoms with Gasteiger partial charge in [-0.1, -0.05) is 35.3 Å². The second-order valence-electron chi connectivity index (χ2n) is 10.3. The van der Waals surface area contributed by atoms with Crippen molar-refractivity contribution in [2.45, 2.75) is 13.5 Å². The first-order chi connectivity index (χ1) is 20.3. The molecule has 0 unspecified atom stereocenters. The van der Waals surface area contributed by atoms with Crippen molar-refractivity contribution in [3.05, 3.63) is 82.1 Å². The Balaban J connectivity index is 1.34. The Labute approximate surface area is 254 Å². The Hall–Kier alpha value is -4.12. The molecule has 0 saturated carbocycles. The van der Waals surface area contributed by atoms with E-state index in [9.17, 15) is 4.79 Å². The third kappa shape index (κ3) is 5.40. The molecule has 4 aromatic rings. The maximum Gasteiger partial charge on any atom is 0.336 e. The highest BCUT2D eigenvalue weighted by molar-refractivity contribution is 6.34. The van der Waals surface area contributed by atoms with Gasteiger partial charge in [0.25, 0.3) is 0 Å². The molecule has 0 aliphatic carbocycles. The Morgan fingerprint density at radius 2 is 1.76 bits per heavy atom. The quantitative estimate of drug-likeness (QED) is 0.275. The van der Waals surface area contributed by atoms with Gasteiger partial charge in [-0.25, -0.2) is 19.7 Å². The summed E-state index contributed by atoms with van der Waals surface area (Å²) in [7, 11) is 3.69. The van der Waals surface area contributed by atoms with E-state index in [2.05, 4.69) is 32.1 Å². The minimum atomic E-state index is -0.337. The third-order valence-electron chi connectivity index (χ3n) is 7.52. The first-order valence-corrected chi connectivity index (χ1v) is 14.3. The van der Waals surface area contributed by atoms with Gasteiger partial charge in [0.2, 0.25) is 5.95 Å². The smallest absolute Gasteiger partial charge is 0.336 e. The largest absolute Gasteiger partial charge is 0.495 e. The van der Waals surface area contributed by atoms with Crippen LogP contribution in [0.15, 0.2) is 60.9 Å². The lowest BCUT2D eigenvalue weighted by Crippen LogP contribution is -2.46. The van der Waals surface area contributed by atoms with Crippen LogP contribution in [-0.2, 0) is 6.54 Å². The van der Waals surface area contributed by atoms with E-state index in [1.807, 2.05) is 37.3 Å². The van der Waals surface area contributed by atoms with Crippen LogP contribution in [0.1, 0.15) is 11.1 Å². The standard InChI is InChI=1S/C30H30Cl2N8O2/c1-19-5-4-6-23(31)27(19)39-18-20-16-34-29(36-28(20)40(30(39)41)26-10-8-22(42-3)17-33-26)35-25-9-7-21(15-24(25)32)38-13-11-37(2)12-14-38/h4-10,15-17H,11-14,18H2,1-3H3,(H,34,35,36). The number of para-hydroxylation sites is 1. The van der Waals surface area contributed by atoms with E-state index in [-0.39, 0.29) is 12.6 Å². The molecule has 2 aliphatic rings. The van der Waals surface area contributed by atoms with Crippen LogP contribution in [0, 0.1) is 6.92 Å². The number of hydrogen-bond donors (Lipinski definition) is 1. The number of likely N-dealkylation sites (N-methyl/N-ethyl adjacent to an activating group) is 1. The van der Waals surface area contributed by atoms with Gasteiger partial charge in [-0.05, 0) is 55.9 Å². The molecule has 1 fully saturated rings. The van der Waals surface area contributed by atoms with Crippen molar-refractivity contribution in [3.63, 3.8) is 0 Å². The fraction of sp³-hybridized carbons (Fsp3) is 0.267. The van der Waals surface area contributed by atoms with E-state index in [4.69, 9.17) is 32.9 Å². The van der Waals surface area contributed by atoms with Gasteiger partial charge in [0, 0.05) is 43.6 Å². The fourth-order valence-corrected chi connectivity index (χ4v) is 5.72. The number of nitrogens with zero attached hydrogens (tertiary/aromatic N) is 7. The lowest BCUT2D eigenvalue weighted by Gasteiger charge is -2.36. The van der Waals surface area contributed by atoms with Gasteiger partial charge < -0.3 is 19.9 Å². The highest BCUT2D eigenvalue weighted by atomic mass is 35.5. The molecule has 0 radical (unpaired) electrons. The molecule has 42 heavy (non-hydrogen) atoms. The maximum atomic E-state index is 14.1. The summed E-state index contributed by atoms with van der Waals surface area (Å²) in [5.74, 6) is 1.68. The molecule has 6 rings (SSSR count). The predicted octanol–water partition coefficient (Wildman–Crippen LogP) is 6.27. The zero-order valence-corrected chi connectivity index (χ0v) is 25.0. The molecule has 216 valence electrons. The maximum absolute atomic E-state index is 14.1. The number of piperazine rings is 1. The molecule has 1 saturated heterocycles. The molecule has 0 atom stereocenters. The molecule has 4 heterocycles. The normalized spacial score (nSPS) is 15.5. The van der Waals surface area contributed by atoms with Gasteiger partial charge in [0.05, 0.1) is 41.3 Å². The monoisotopic (exact) mass is 604 g/mol. The number of urea groups is 1. The molecule has 0 spiro atoms. The van der Waals surface area contributed by atoms with Crippen LogP contribution >= 0.6 is 23.2 Å². The molecule has 2 amide bonds. The van der Waals surface area contributed by atoms with Gasteiger partial charge in [-0.15, -0.1) is 0 Å². The number of hydrogen-bond acceptors (Lipinski definition) is 8. The first-order valence-electron chi connectivity index (χ1n) is 13.5. The van der Waals surface area contributed by atoms with Crippen LogP contribution in [0.5, 0.6) is 5.75 Å². The van der Waals surface area contributed by atoms with E-state index >= 15 is 0 Å². The zero-order valence-electron chi connectivity index (χ0n) is 23.5. The van der Waals surface area contributed by atoms with E-state index < -0.39 is 0 Å². The highest BCUT2D eigenvalue weighted by Crippen LogP contribution is 2.39. The summed E-state index contributed by atoms with van der Waals surface area (Å²) in [6.07, 6.45) is 3.27. The topological polar surface area (TPSA) is 90.0 Å². The number of carbonyl (C=O) groups is 1. The van der Waals surface area contributed by atoms with E-state index in [0.29, 0.717) is 44.8 Å². The highest BCUT2D eigenvalue weighted by Gasteiger charge is 2.36. The molecule has 1 N–H and O–H groups in total. The summed E-state index contributed by atoms with van der Waals surface area (Å²) in [5.41, 5.74) is 3.97. The summed E-state index contributed by atoms with van der Waals surface area (Å²) in [5, 5.41) is 4.26. The van der Waals surface area contributed by atoms with Crippen molar-refractivity contribution in [1.29, 1.82) is 0 Å². The van der Waals surface area contributed by atoms with Gasteiger partial charge in [-0.2, -0.15) is 4.98 Å². The third-order valence-corrected chi connectivity index (χ3v) is 8.13. The van der Waals surface area contributed by atoms with Gasteiger partial charge >= 0.3 is 6.03 Å². The summed E-state index contributed by atoms with van der Waals surface area (Å²) in [6, 6.07) is 14.6. The van der Waals surface area contributed by atoms with Crippen molar-refractivity contribution in [1.82, 2.24) is 19.9 Å². The van der Waals surface area contributed by atoms with Gasteiger partial charge in [0.15, 0.2) is 5.82 Å². The molecule has 0 bridgehead atoms. The Kier molecular flexibility index (Phi) is 7.76. The second kappa shape index (κ2) is 11.6. The van der Waals surface area contributed by atoms with Crippen molar-refractivity contribution >= 4 is 63.9 Å². The number of benzene rings is 2. The molecular formula is C30H30Cl2N8O2. The number of anilines is 6. The zero-order chi connectivity index (χ0) is 29.4. The minimum absolute atomic E-state index is 0.242. The predicted molar refractivity (Wildman–Crippen MR) is 167 cm³/mol. The number of nitrogens with one attached hydrogen (secondary N) is 1. The number of ether oxygens (including phenoxy) is 1. The lowest BCUT2D eigenvalue weighted by molar-refractivity contribution is 0.252. The fourth-order valence-electron chi connectivity index (χ4n) is 5.17. The van der Waals surface area contributed by atoms with Crippen molar-refractivity contribution in [3.8, 4) is 5.75 Å². The van der Waals surface area contributed by atoms with Gasteiger partial charge in [-0.3, -0.25) is 4.90 Å².